The van der Waals surface area contributed by atoms with E-state index in [0.29, 0.717) is 18.2 Å². The van der Waals surface area contributed by atoms with E-state index in [1.165, 1.54) is 18.8 Å². The molecule has 5 heteroatoms. The molecule has 0 aliphatic carbocycles. The van der Waals surface area contributed by atoms with Gasteiger partial charge in [0.25, 0.3) is 5.91 Å². The molecule has 1 aliphatic rings. The van der Waals surface area contributed by atoms with Crippen LogP contribution in [-0.2, 0) is 0 Å². The Labute approximate surface area is 113 Å². The van der Waals surface area contributed by atoms with Crippen molar-refractivity contribution in [3.05, 3.63) is 24.0 Å². The first-order valence-corrected chi connectivity index (χ1v) is 6.76. The predicted molar refractivity (Wildman–Crippen MR) is 73.1 cm³/mol. The lowest BCUT2D eigenvalue weighted by molar-refractivity contribution is 0.0751. The van der Waals surface area contributed by atoms with E-state index in [-0.39, 0.29) is 11.7 Å². The molecule has 1 unspecified atom stereocenters. The maximum Gasteiger partial charge on any atom is 0.257 e. The van der Waals surface area contributed by atoms with E-state index in [4.69, 9.17) is 0 Å². The first-order valence-electron chi connectivity index (χ1n) is 6.76. The number of rotatable bonds is 4. The lowest BCUT2D eigenvalue weighted by atomic mass is 10.1. The van der Waals surface area contributed by atoms with Gasteiger partial charge in [-0.3, -0.25) is 14.7 Å². The van der Waals surface area contributed by atoms with Gasteiger partial charge in [-0.1, -0.05) is 6.92 Å². The van der Waals surface area contributed by atoms with Crippen LogP contribution >= 0.6 is 0 Å². The number of amides is 1. The van der Waals surface area contributed by atoms with Crippen LogP contribution < -0.4 is 0 Å². The van der Waals surface area contributed by atoms with Crippen LogP contribution in [0.25, 0.3) is 0 Å². The molecule has 0 spiro atoms. The summed E-state index contributed by atoms with van der Waals surface area (Å²) in [4.78, 5) is 20.1. The molecule has 2 rings (SSSR count). The number of likely N-dealkylation sites (N-methyl/N-ethyl adjacent to an activating group) is 2. The van der Waals surface area contributed by atoms with Crippen molar-refractivity contribution >= 4 is 5.91 Å². The Morgan fingerprint density at radius 2 is 2.42 bits per heavy atom. The van der Waals surface area contributed by atoms with Crippen molar-refractivity contribution in [1.82, 2.24) is 14.8 Å². The number of aromatic hydroxyl groups is 1. The summed E-state index contributed by atoms with van der Waals surface area (Å²) in [6, 6.07) is 1.99. The number of pyridine rings is 1. The van der Waals surface area contributed by atoms with E-state index in [9.17, 15) is 9.90 Å². The second kappa shape index (κ2) is 6.02. The minimum absolute atomic E-state index is 0.0573. The number of carbonyl (C=O) groups excluding carboxylic acids is 1. The van der Waals surface area contributed by atoms with E-state index >= 15 is 0 Å². The molecule has 0 saturated carbocycles. The van der Waals surface area contributed by atoms with E-state index in [1.807, 2.05) is 0 Å². The molecule has 1 aromatic heterocycles. The van der Waals surface area contributed by atoms with Crippen LogP contribution in [0.4, 0.5) is 0 Å². The zero-order chi connectivity index (χ0) is 13.8. The van der Waals surface area contributed by atoms with E-state index in [1.54, 1.807) is 18.0 Å². The molecule has 104 valence electrons. The van der Waals surface area contributed by atoms with Gasteiger partial charge in [-0.25, -0.2) is 0 Å². The van der Waals surface area contributed by atoms with Crippen molar-refractivity contribution in [1.29, 1.82) is 0 Å². The third-order valence-electron chi connectivity index (χ3n) is 3.77. The van der Waals surface area contributed by atoms with Crippen molar-refractivity contribution in [3.63, 3.8) is 0 Å². The van der Waals surface area contributed by atoms with Crippen LogP contribution in [0.3, 0.4) is 0 Å². The molecular formula is C14H21N3O2. The van der Waals surface area contributed by atoms with Gasteiger partial charge in [0, 0.05) is 25.8 Å². The standard InChI is InChI=1S/C14H21N3O2/c1-3-17-8-4-5-11(17)10-16(2)14(19)12-6-7-15-9-13(12)18/h6-7,9,11,18H,3-5,8,10H2,1-2H3. The van der Waals surface area contributed by atoms with E-state index in [0.717, 1.165) is 19.5 Å². The van der Waals surface area contributed by atoms with Gasteiger partial charge in [0.1, 0.15) is 5.75 Å². The zero-order valence-corrected chi connectivity index (χ0v) is 11.5. The number of nitrogens with zero attached hydrogens (tertiary/aromatic N) is 3. The fraction of sp³-hybridized carbons (Fsp3) is 0.571. The minimum Gasteiger partial charge on any atom is -0.505 e. The maximum absolute atomic E-state index is 12.3. The summed E-state index contributed by atoms with van der Waals surface area (Å²) in [6.45, 7) is 4.99. The summed E-state index contributed by atoms with van der Waals surface area (Å²) >= 11 is 0. The van der Waals surface area contributed by atoms with Crippen molar-refractivity contribution in [2.24, 2.45) is 0 Å². The van der Waals surface area contributed by atoms with Crippen molar-refractivity contribution in [2.45, 2.75) is 25.8 Å². The number of aromatic nitrogens is 1. The van der Waals surface area contributed by atoms with Crippen LogP contribution in [0.1, 0.15) is 30.1 Å². The van der Waals surface area contributed by atoms with Crippen LogP contribution in [0.2, 0.25) is 0 Å². The van der Waals surface area contributed by atoms with Gasteiger partial charge in [0.05, 0.1) is 11.8 Å². The summed E-state index contributed by atoms with van der Waals surface area (Å²) in [5, 5.41) is 9.67. The average molecular weight is 263 g/mol. The van der Waals surface area contributed by atoms with Gasteiger partial charge in [-0.2, -0.15) is 0 Å². The second-order valence-electron chi connectivity index (χ2n) is 5.00. The Morgan fingerprint density at radius 1 is 1.63 bits per heavy atom. The van der Waals surface area contributed by atoms with Crippen LogP contribution in [-0.4, -0.2) is 58.5 Å². The third kappa shape index (κ3) is 3.04. The van der Waals surface area contributed by atoms with Crippen molar-refractivity contribution in [3.8, 4) is 5.75 Å². The van der Waals surface area contributed by atoms with Gasteiger partial charge < -0.3 is 10.0 Å². The Hall–Kier alpha value is -1.62. The second-order valence-corrected chi connectivity index (χ2v) is 5.00. The molecule has 1 atom stereocenters. The molecule has 1 aliphatic heterocycles. The smallest absolute Gasteiger partial charge is 0.257 e. The SMILES string of the molecule is CCN1CCCC1CN(C)C(=O)c1ccncc1O. The normalized spacial score (nSPS) is 19.6. The molecule has 1 N–H and O–H groups in total. The van der Waals surface area contributed by atoms with Gasteiger partial charge in [-0.15, -0.1) is 0 Å². The molecule has 1 amide bonds. The molecule has 1 aromatic rings. The zero-order valence-electron chi connectivity index (χ0n) is 11.5. The quantitative estimate of drug-likeness (QED) is 0.890. The van der Waals surface area contributed by atoms with E-state index < -0.39 is 0 Å². The van der Waals surface area contributed by atoms with Gasteiger partial charge in [0.15, 0.2) is 0 Å². The first-order chi connectivity index (χ1) is 9.13. The number of hydrogen-bond acceptors (Lipinski definition) is 4. The Morgan fingerprint density at radius 3 is 3.11 bits per heavy atom. The number of hydrogen-bond donors (Lipinski definition) is 1. The average Bonchev–Trinajstić information content (AvgIpc) is 2.85. The molecule has 0 bridgehead atoms. The monoisotopic (exact) mass is 263 g/mol. The highest BCUT2D eigenvalue weighted by molar-refractivity contribution is 5.96. The molecule has 0 radical (unpaired) electrons. The van der Waals surface area contributed by atoms with Gasteiger partial charge in [0.2, 0.25) is 0 Å². The lowest BCUT2D eigenvalue weighted by Crippen LogP contribution is -2.41. The largest absolute Gasteiger partial charge is 0.505 e. The Bertz CT molecular complexity index is 450. The summed E-state index contributed by atoms with van der Waals surface area (Å²) in [7, 11) is 1.79. The maximum atomic E-state index is 12.3. The molecule has 19 heavy (non-hydrogen) atoms. The molecule has 0 aromatic carbocycles. The highest BCUT2D eigenvalue weighted by Gasteiger charge is 2.26. The molecular weight excluding hydrogens is 242 g/mol. The van der Waals surface area contributed by atoms with Crippen LogP contribution in [0.5, 0.6) is 5.75 Å². The van der Waals surface area contributed by atoms with E-state index in [2.05, 4.69) is 16.8 Å². The topological polar surface area (TPSA) is 56.7 Å². The van der Waals surface area contributed by atoms with Gasteiger partial charge in [-0.05, 0) is 32.0 Å². The molecule has 5 nitrogen and oxygen atoms in total. The molecule has 1 saturated heterocycles. The van der Waals surface area contributed by atoms with Crippen molar-refractivity contribution in [2.75, 3.05) is 26.7 Å². The summed E-state index contributed by atoms with van der Waals surface area (Å²) < 4.78 is 0. The first kappa shape index (κ1) is 13.8. The Kier molecular flexibility index (Phi) is 4.37. The molecule has 1 fully saturated rings. The number of likely N-dealkylation sites (tertiary alicyclic amines) is 1. The van der Waals surface area contributed by atoms with Gasteiger partial charge >= 0.3 is 0 Å². The number of carbonyl (C=O) groups is 1. The fourth-order valence-corrected chi connectivity index (χ4v) is 2.69. The minimum atomic E-state index is -0.150. The third-order valence-corrected chi connectivity index (χ3v) is 3.77. The fourth-order valence-electron chi connectivity index (χ4n) is 2.69. The predicted octanol–water partition coefficient (Wildman–Crippen LogP) is 1.34. The lowest BCUT2D eigenvalue weighted by Gasteiger charge is -2.27. The summed E-state index contributed by atoms with van der Waals surface area (Å²) in [6.07, 6.45) is 5.15. The summed E-state index contributed by atoms with van der Waals surface area (Å²) in [5.41, 5.74) is 0.318. The highest BCUT2D eigenvalue weighted by Crippen LogP contribution is 2.20. The highest BCUT2D eigenvalue weighted by atomic mass is 16.3. The Balaban J connectivity index is 2.02. The van der Waals surface area contributed by atoms with Crippen molar-refractivity contribution < 1.29 is 9.90 Å². The van der Waals surface area contributed by atoms with Crippen LogP contribution in [0.15, 0.2) is 18.5 Å². The summed E-state index contributed by atoms with van der Waals surface area (Å²) in [5.74, 6) is -0.207. The van der Waals surface area contributed by atoms with Crippen LogP contribution in [0, 0.1) is 0 Å². The molecule has 2 heterocycles.